The highest BCUT2D eigenvalue weighted by atomic mass is 16.5. The van der Waals surface area contributed by atoms with Gasteiger partial charge in [-0.1, -0.05) is 30.3 Å². The number of rotatable bonds is 10. The average molecular weight is 497 g/mol. The van der Waals surface area contributed by atoms with Crippen LogP contribution in [0.4, 0.5) is 5.82 Å². The smallest absolute Gasteiger partial charge is 0.294 e. The van der Waals surface area contributed by atoms with E-state index >= 15 is 0 Å². The second kappa shape index (κ2) is 11.5. The van der Waals surface area contributed by atoms with Gasteiger partial charge >= 0.3 is 0 Å². The number of H-pyrrole nitrogens is 1. The number of carbonyl (C=O) groups is 1. The summed E-state index contributed by atoms with van der Waals surface area (Å²) in [6, 6.07) is 20.6. The van der Waals surface area contributed by atoms with Crippen LogP contribution >= 0.6 is 0 Å². The molecule has 1 amide bonds. The molecule has 2 heterocycles. The average Bonchev–Trinajstić information content (AvgIpc) is 3.35. The van der Waals surface area contributed by atoms with Crippen LogP contribution in [0.2, 0.25) is 0 Å². The summed E-state index contributed by atoms with van der Waals surface area (Å²) in [5.41, 5.74) is 2.13. The first kappa shape index (κ1) is 25.5. The van der Waals surface area contributed by atoms with Gasteiger partial charge in [-0.3, -0.25) is 4.79 Å². The van der Waals surface area contributed by atoms with Crippen molar-refractivity contribution in [3.63, 3.8) is 0 Å². The van der Waals surface area contributed by atoms with Crippen LogP contribution in [0.15, 0.2) is 66.9 Å². The zero-order chi connectivity index (χ0) is 26.3. The lowest BCUT2D eigenvalue weighted by atomic mass is 10.0. The number of benzene rings is 2. The molecule has 9 nitrogen and oxygen atoms in total. The van der Waals surface area contributed by atoms with E-state index in [-0.39, 0.29) is 5.82 Å². The number of pyridine rings is 1. The molecule has 4 aromatic rings. The van der Waals surface area contributed by atoms with E-state index in [2.05, 4.69) is 31.6 Å². The van der Waals surface area contributed by atoms with Crippen molar-refractivity contribution in [2.24, 2.45) is 0 Å². The molecular formula is C28H28N6O3. The van der Waals surface area contributed by atoms with Crippen molar-refractivity contribution >= 4 is 11.7 Å². The third-order valence-corrected chi connectivity index (χ3v) is 5.59. The number of nitrogens with one attached hydrogen (secondary N) is 2. The molecule has 0 radical (unpaired) electrons. The second-order valence-electron chi connectivity index (χ2n) is 9.25. The summed E-state index contributed by atoms with van der Waals surface area (Å²) in [7, 11) is 0. The molecule has 0 bridgehead atoms. The Hall–Kier alpha value is -4.55. The van der Waals surface area contributed by atoms with Gasteiger partial charge < -0.3 is 20.1 Å². The number of amides is 1. The molecule has 0 aliphatic heterocycles. The number of anilines is 1. The quantitative estimate of drug-likeness (QED) is 0.275. The number of hydrogen-bond acceptors (Lipinski definition) is 7. The molecule has 4 rings (SSSR count). The van der Waals surface area contributed by atoms with Crippen LogP contribution in [0.25, 0.3) is 11.1 Å². The first-order valence-electron chi connectivity index (χ1n) is 11.9. The minimum Gasteiger partial charge on any atom is -0.494 e. The molecule has 37 heavy (non-hydrogen) atoms. The van der Waals surface area contributed by atoms with Gasteiger partial charge in [0.05, 0.1) is 23.8 Å². The topological polar surface area (TPSA) is 137 Å². The van der Waals surface area contributed by atoms with E-state index in [4.69, 9.17) is 4.74 Å². The van der Waals surface area contributed by atoms with E-state index in [1.165, 1.54) is 0 Å². The molecule has 2 aromatic carbocycles. The Morgan fingerprint density at radius 1 is 1.14 bits per heavy atom. The number of nitriles is 1. The molecule has 0 unspecified atom stereocenters. The number of aliphatic hydroxyl groups is 1. The Bertz CT molecular complexity index is 1400. The predicted octanol–water partition coefficient (Wildman–Crippen LogP) is 4.51. The summed E-state index contributed by atoms with van der Waals surface area (Å²) in [6.07, 6.45) is 3.40. The number of nitrogens with zero attached hydrogens (tertiary/aromatic N) is 4. The number of ether oxygens (including phenoxy) is 1. The monoisotopic (exact) mass is 496 g/mol. The maximum atomic E-state index is 12.7. The SMILES string of the molecule is CC(C)(O)CCCOc1ccc(C#N)c(-c2ccnc(NC(=O)c3nnc(Cc4ccccc4)[nH]3)c2)c1. The highest BCUT2D eigenvalue weighted by Gasteiger charge is 2.15. The van der Waals surface area contributed by atoms with Crippen LogP contribution in [-0.4, -0.2) is 43.4 Å². The van der Waals surface area contributed by atoms with Crippen molar-refractivity contribution in [1.82, 2.24) is 20.2 Å². The third-order valence-electron chi connectivity index (χ3n) is 5.59. The van der Waals surface area contributed by atoms with Gasteiger partial charge in [0.15, 0.2) is 0 Å². The molecule has 188 valence electrons. The standard InChI is InChI=1S/C28H28N6O3/c1-28(2,36)12-6-14-37-22-10-9-21(18-29)23(17-22)20-11-13-30-24(16-20)32-27(35)26-31-25(33-34-26)15-19-7-4-3-5-8-19/h3-5,7-11,13,16-17,36H,6,12,14-15H2,1-2H3,(H,30,32,35)(H,31,33,34). The Morgan fingerprint density at radius 2 is 1.95 bits per heavy atom. The Kier molecular flexibility index (Phi) is 7.91. The molecule has 0 spiro atoms. The summed E-state index contributed by atoms with van der Waals surface area (Å²) >= 11 is 0. The molecule has 0 saturated heterocycles. The molecular weight excluding hydrogens is 468 g/mol. The number of aromatic amines is 1. The van der Waals surface area contributed by atoms with E-state index in [0.29, 0.717) is 60.0 Å². The highest BCUT2D eigenvalue weighted by molar-refractivity contribution is 6.01. The number of aromatic nitrogens is 4. The fourth-order valence-corrected chi connectivity index (χ4v) is 3.75. The largest absolute Gasteiger partial charge is 0.494 e. The molecule has 9 heteroatoms. The van der Waals surface area contributed by atoms with Crippen LogP contribution in [0.3, 0.4) is 0 Å². The lowest BCUT2D eigenvalue weighted by Gasteiger charge is -2.17. The summed E-state index contributed by atoms with van der Waals surface area (Å²) in [4.78, 5) is 19.9. The predicted molar refractivity (Wildman–Crippen MR) is 139 cm³/mol. The van der Waals surface area contributed by atoms with E-state index in [9.17, 15) is 15.2 Å². The normalized spacial score (nSPS) is 11.1. The van der Waals surface area contributed by atoms with Crippen LogP contribution in [0, 0.1) is 11.3 Å². The maximum Gasteiger partial charge on any atom is 0.294 e. The Balaban J connectivity index is 1.45. The Morgan fingerprint density at radius 3 is 2.70 bits per heavy atom. The van der Waals surface area contributed by atoms with Crippen molar-refractivity contribution < 1.29 is 14.6 Å². The fraction of sp³-hybridized carbons (Fsp3) is 0.250. The van der Waals surface area contributed by atoms with Gasteiger partial charge in [0, 0.05) is 18.2 Å². The van der Waals surface area contributed by atoms with Crippen molar-refractivity contribution in [2.75, 3.05) is 11.9 Å². The molecule has 3 N–H and O–H groups in total. The molecule has 0 atom stereocenters. The summed E-state index contributed by atoms with van der Waals surface area (Å²) in [6.45, 7) is 3.97. The van der Waals surface area contributed by atoms with Gasteiger partial charge in [0.25, 0.3) is 5.91 Å². The molecule has 0 aliphatic rings. The summed E-state index contributed by atoms with van der Waals surface area (Å²) < 4.78 is 5.84. The number of hydrogen-bond donors (Lipinski definition) is 3. The van der Waals surface area contributed by atoms with Gasteiger partial charge in [-0.25, -0.2) is 4.98 Å². The van der Waals surface area contributed by atoms with Crippen molar-refractivity contribution in [3.8, 4) is 22.9 Å². The van der Waals surface area contributed by atoms with Crippen LogP contribution < -0.4 is 10.1 Å². The second-order valence-corrected chi connectivity index (χ2v) is 9.25. The van der Waals surface area contributed by atoms with Gasteiger partial charge in [0.2, 0.25) is 5.82 Å². The van der Waals surface area contributed by atoms with E-state index in [1.807, 2.05) is 30.3 Å². The molecule has 0 fully saturated rings. The lowest BCUT2D eigenvalue weighted by molar-refractivity contribution is 0.0641. The van der Waals surface area contributed by atoms with Crippen molar-refractivity contribution in [2.45, 2.75) is 38.7 Å². The van der Waals surface area contributed by atoms with Gasteiger partial charge in [-0.2, -0.15) is 5.26 Å². The molecule has 0 saturated carbocycles. The zero-order valence-electron chi connectivity index (χ0n) is 20.7. The molecule has 0 aliphatic carbocycles. The van der Waals surface area contributed by atoms with E-state index < -0.39 is 11.5 Å². The zero-order valence-corrected chi connectivity index (χ0v) is 20.7. The van der Waals surface area contributed by atoms with E-state index in [0.717, 1.165) is 5.56 Å². The van der Waals surface area contributed by atoms with Gasteiger partial charge in [-0.05, 0) is 68.1 Å². The van der Waals surface area contributed by atoms with Gasteiger partial charge in [-0.15, -0.1) is 10.2 Å². The summed E-state index contributed by atoms with van der Waals surface area (Å²) in [5.74, 6) is 1.11. The van der Waals surface area contributed by atoms with Gasteiger partial charge in [0.1, 0.15) is 17.4 Å². The lowest BCUT2D eigenvalue weighted by Crippen LogP contribution is -2.19. The maximum absolute atomic E-state index is 12.7. The van der Waals surface area contributed by atoms with Crippen LogP contribution in [-0.2, 0) is 6.42 Å². The van der Waals surface area contributed by atoms with Crippen molar-refractivity contribution in [1.29, 1.82) is 5.26 Å². The van der Waals surface area contributed by atoms with Crippen LogP contribution in [0.1, 0.15) is 54.3 Å². The first-order valence-corrected chi connectivity index (χ1v) is 11.9. The first-order chi connectivity index (χ1) is 17.8. The van der Waals surface area contributed by atoms with Crippen molar-refractivity contribution in [3.05, 3.63) is 89.6 Å². The minimum absolute atomic E-state index is 0.0808. The fourth-order valence-electron chi connectivity index (χ4n) is 3.75. The minimum atomic E-state index is -0.744. The molecule has 2 aromatic heterocycles. The Labute approximate surface area is 215 Å². The van der Waals surface area contributed by atoms with E-state index in [1.54, 1.807) is 50.4 Å². The number of carbonyl (C=O) groups excluding carboxylic acids is 1. The summed E-state index contributed by atoms with van der Waals surface area (Å²) in [5, 5.41) is 30.2. The third kappa shape index (κ3) is 7.22. The van der Waals surface area contributed by atoms with Crippen LogP contribution in [0.5, 0.6) is 5.75 Å². The highest BCUT2D eigenvalue weighted by Crippen LogP contribution is 2.29.